The second-order valence-corrected chi connectivity index (χ2v) is 6.93. The molecule has 4 heteroatoms. The Kier molecular flexibility index (Phi) is 4.17. The van der Waals surface area contributed by atoms with Crippen LogP contribution in [0.2, 0.25) is 0 Å². The molecule has 1 aromatic rings. The van der Waals surface area contributed by atoms with Crippen LogP contribution < -0.4 is 10.6 Å². The highest BCUT2D eigenvalue weighted by Crippen LogP contribution is 2.30. The van der Waals surface area contributed by atoms with Gasteiger partial charge in [-0.3, -0.25) is 4.90 Å². The molecule has 0 bridgehead atoms. The maximum absolute atomic E-state index is 6.17. The van der Waals surface area contributed by atoms with E-state index in [2.05, 4.69) is 50.6 Å². The van der Waals surface area contributed by atoms with E-state index in [9.17, 15) is 0 Å². The molecule has 0 amide bonds. The summed E-state index contributed by atoms with van der Waals surface area (Å²) in [6.45, 7) is 4.87. The molecule has 0 spiro atoms. The average Bonchev–Trinajstić information content (AvgIpc) is 2.89. The Bertz CT molecular complexity index is 443. The Balaban J connectivity index is 1.67. The fraction of sp³-hybridized carbons (Fsp3) is 0.600. The number of nitrogens with zero attached hydrogens (tertiary/aromatic N) is 2. The monoisotopic (exact) mass is 371 g/mol. The molecule has 3 rings (SSSR count). The summed E-state index contributed by atoms with van der Waals surface area (Å²) in [5.41, 5.74) is 8.31. The fourth-order valence-corrected chi connectivity index (χ4v) is 3.87. The van der Waals surface area contributed by atoms with Gasteiger partial charge in [0.05, 0.1) is 11.4 Å². The number of likely N-dealkylation sites (tertiary alicyclic amines) is 1. The van der Waals surface area contributed by atoms with Gasteiger partial charge >= 0.3 is 0 Å². The number of hydrogen-bond donors (Lipinski definition) is 1. The molecule has 2 saturated heterocycles. The lowest BCUT2D eigenvalue weighted by atomic mass is 10.1. The molecule has 2 heterocycles. The molecule has 0 aliphatic carbocycles. The molecule has 2 aliphatic heterocycles. The molecule has 2 fully saturated rings. The molecular formula is C15H22IN3. The van der Waals surface area contributed by atoms with Crippen molar-refractivity contribution < 1.29 is 0 Å². The van der Waals surface area contributed by atoms with Crippen LogP contribution in [-0.2, 0) is 0 Å². The number of nitrogen functional groups attached to an aromatic ring is 1. The standard InChI is InChI=1S/C15H22IN3/c16-12-4-5-15(14(17)10-12)19-9-6-13(11-19)18-7-2-1-3-8-18/h4-5,10,13H,1-3,6-9,11,17H2. The normalized spacial score (nSPS) is 24.9. The zero-order valence-electron chi connectivity index (χ0n) is 11.3. The molecule has 1 atom stereocenters. The first kappa shape index (κ1) is 13.5. The Morgan fingerprint density at radius 2 is 1.89 bits per heavy atom. The van der Waals surface area contributed by atoms with Crippen molar-refractivity contribution in [2.45, 2.75) is 31.7 Å². The van der Waals surface area contributed by atoms with Crippen molar-refractivity contribution in [2.24, 2.45) is 0 Å². The number of halogens is 1. The lowest BCUT2D eigenvalue weighted by molar-refractivity contribution is 0.175. The van der Waals surface area contributed by atoms with E-state index in [1.54, 1.807) is 0 Å². The molecule has 104 valence electrons. The van der Waals surface area contributed by atoms with E-state index in [0.717, 1.165) is 24.8 Å². The average molecular weight is 371 g/mol. The van der Waals surface area contributed by atoms with E-state index in [4.69, 9.17) is 5.73 Å². The van der Waals surface area contributed by atoms with Crippen molar-refractivity contribution >= 4 is 34.0 Å². The number of nitrogens with two attached hydrogens (primary N) is 1. The minimum atomic E-state index is 0.735. The molecule has 0 saturated carbocycles. The molecular weight excluding hydrogens is 349 g/mol. The van der Waals surface area contributed by atoms with Crippen molar-refractivity contribution in [1.29, 1.82) is 0 Å². The van der Waals surface area contributed by atoms with Crippen LogP contribution >= 0.6 is 22.6 Å². The Hall–Kier alpha value is -0.490. The van der Waals surface area contributed by atoms with Gasteiger partial charge < -0.3 is 10.6 Å². The summed E-state index contributed by atoms with van der Waals surface area (Å²) < 4.78 is 1.21. The van der Waals surface area contributed by atoms with E-state index in [1.165, 1.54) is 48.0 Å². The van der Waals surface area contributed by atoms with Gasteiger partial charge in [-0.25, -0.2) is 0 Å². The number of anilines is 2. The van der Waals surface area contributed by atoms with Crippen molar-refractivity contribution in [3.8, 4) is 0 Å². The van der Waals surface area contributed by atoms with Crippen LogP contribution in [0.5, 0.6) is 0 Å². The fourth-order valence-electron chi connectivity index (χ4n) is 3.36. The second kappa shape index (κ2) is 5.87. The van der Waals surface area contributed by atoms with Crippen LogP contribution in [-0.4, -0.2) is 37.1 Å². The van der Waals surface area contributed by atoms with Crippen molar-refractivity contribution in [3.63, 3.8) is 0 Å². The third kappa shape index (κ3) is 2.99. The van der Waals surface area contributed by atoms with Crippen LogP contribution in [0.4, 0.5) is 11.4 Å². The SMILES string of the molecule is Nc1cc(I)ccc1N1CCC(N2CCCCC2)C1. The van der Waals surface area contributed by atoms with Gasteiger partial charge in [0.2, 0.25) is 0 Å². The molecule has 2 N–H and O–H groups in total. The van der Waals surface area contributed by atoms with E-state index in [0.29, 0.717) is 0 Å². The van der Waals surface area contributed by atoms with Gasteiger partial charge in [-0.15, -0.1) is 0 Å². The third-order valence-corrected chi connectivity index (χ3v) is 5.07. The van der Waals surface area contributed by atoms with Gasteiger partial charge in [0.25, 0.3) is 0 Å². The van der Waals surface area contributed by atoms with Crippen molar-refractivity contribution in [1.82, 2.24) is 4.90 Å². The number of piperidine rings is 1. The van der Waals surface area contributed by atoms with Gasteiger partial charge in [-0.05, 0) is 73.1 Å². The Morgan fingerprint density at radius 3 is 2.63 bits per heavy atom. The topological polar surface area (TPSA) is 32.5 Å². The van der Waals surface area contributed by atoms with Gasteiger partial charge in [0.1, 0.15) is 0 Å². The number of benzene rings is 1. The lowest BCUT2D eigenvalue weighted by Crippen LogP contribution is -2.40. The smallest absolute Gasteiger partial charge is 0.0601 e. The summed E-state index contributed by atoms with van der Waals surface area (Å²) in [5, 5.41) is 0. The molecule has 1 aromatic carbocycles. The first-order chi connectivity index (χ1) is 9.24. The van der Waals surface area contributed by atoms with Crippen LogP contribution in [0.25, 0.3) is 0 Å². The molecule has 1 unspecified atom stereocenters. The highest BCUT2D eigenvalue weighted by atomic mass is 127. The highest BCUT2D eigenvalue weighted by molar-refractivity contribution is 14.1. The Morgan fingerprint density at radius 1 is 1.11 bits per heavy atom. The maximum Gasteiger partial charge on any atom is 0.0601 e. The van der Waals surface area contributed by atoms with E-state index in [-0.39, 0.29) is 0 Å². The van der Waals surface area contributed by atoms with E-state index < -0.39 is 0 Å². The van der Waals surface area contributed by atoms with Crippen molar-refractivity contribution in [3.05, 3.63) is 21.8 Å². The quantitative estimate of drug-likeness (QED) is 0.641. The highest BCUT2D eigenvalue weighted by Gasteiger charge is 2.29. The summed E-state index contributed by atoms with van der Waals surface area (Å²) in [6, 6.07) is 7.14. The minimum Gasteiger partial charge on any atom is -0.397 e. The first-order valence-electron chi connectivity index (χ1n) is 7.28. The Labute approximate surface area is 129 Å². The predicted octanol–water partition coefficient (Wildman–Crippen LogP) is 2.94. The van der Waals surface area contributed by atoms with E-state index >= 15 is 0 Å². The second-order valence-electron chi connectivity index (χ2n) is 5.69. The summed E-state index contributed by atoms with van der Waals surface area (Å²) in [7, 11) is 0. The zero-order valence-corrected chi connectivity index (χ0v) is 13.5. The van der Waals surface area contributed by atoms with Crippen LogP contribution in [0.1, 0.15) is 25.7 Å². The molecule has 2 aliphatic rings. The first-order valence-corrected chi connectivity index (χ1v) is 8.36. The molecule has 0 radical (unpaired) electrons. The van der Waals surface area contributed by atoms with E-state index in [1.807, 2.05) is 0 Å². The van der Waals surface area contributed by atoms with Crippen molar-refractivity contribution in [2.75, 3.05) is 36.8 Å². The molecule has 3 nitrogen and oxygen atoms in total. The lowest BCUT2D eigenvalue weighted by Gasteiger charge is -2.32. The third-order valence-electron chi connectivity index (χ3n) is 4.40. The van der Waals surface area contributed by atoms with Gasteiger partial charge in [0.15, 0.2) is 0 Å². The van der Waals surface area contributed by atoms with Crippen LogP contribution in [0, 0.1) is 3.57 Å². The minimum absolute atomic E-state index is 0.735. The summed E-state index contributed by atoms with van der Waals surface area (Å²) in [5.74, 6) is 0. The zero-order chi connectivity index (χ0) is 13.2. The number of hydrogen-bond acceptors (Lipinski definition) is 3. The number of rotatable bonds is 2. The predicted molar refractivity (Wildman–Crippen MR) is 89.6 cm³/mol. The largest absolute Gasteiger partial charge is 0.397 e. The molecule has 0 aromatic heterocycles. The van der Waals surface area contributed by atoms with Gasteiger partial charge in [-0.1, -0.05) is 6.42 Å². The van der Waals surface area contributed by atoms with Crippen LogP contribution in [0.15, 0.2) is 18.2 Å². The maximum atomic E-state index is 6.17. The molecule has 19 heavy (non-hydrogen) atoms. The van der Waals surface area contributed by atoms with Gasteiger partial charge in [-0.2, -0.15) is 0 Å². The summed E-state index contributed by atoms with van der Waals surface area (Å²) >= 11 is 2.32. The van der Waals surface area contributed by atoms with Gasteiger partial charge in [0, 0.05) is 22.7 Å². The summed E-state index contributed by atoms with van der Waals surface area (Å²) in [4.78, 5) is 5.15. The summed E-state index contributed by atoms with van der Waals surface area (Å²) in [6.07, 6.45) is 5.45. The van der Waals surface area contributed by atoms with Crippen LogP contribution in [0.3, 0.4) is 0 Å².